The van der Waals surface area contributed by atoms with E-state index in [1.807, 2.05) is 6.07 Å². The van der Waals surface area contributed by atoms with Gasteiger partial charge in [0.15, 0.2) is 0 Å². The van der Waals surface area contributed by atoms with E-state index in [1.54, 1.807) is 6.26 Å². The molecule has 0 aromatic carbocycles. The van der Waals surface area contributed by atoms with Crippen LogP contribution in [0.1, 0.15) is 44.9 Å². The highest BCUT2D eigenvalue weighted by Gasteiger charge is 2.27. The summed E-state index contributed by atoms with van der Waals surface area (Å²) < 4.78 is 11.1. The number of hydrogen-bond donors (Lipinski definition) is 2. The lowest BCUT2D eigenvalue weighted by molar-refractivity contribution is 0.678. The van der Waals surface area contributed by atoms with E-state index in [9.17, 15) is 4.21 Å². The number of aromatic nitrogens is 2. The van der Waals surface area contributed by atoms with Gasteiger partial charge < -0.3 is 10.6 Å². The molecule has 0 bridgehead atoms. The molecule has 1 aliphatic carbocycles. The Hall–Kier alpha value is -1.17. The minimum absolute atomic E-state index is 0.260. The van der Waals surface area contributed by atoms with E-state index in [4.69, 9.17) is 0 Å². The first-order valence-electron chi connectivity index (χ1n) is 7.28. The molecule has 1 fully saturated rings. The van der Waals surface area contributed by atoms with Gasteiger partial charge in [-0.25, -0.2) is 9.97 Å². The molecule has 1 aliphatic rings. The van der Waals surface area contributed by atoms with E-state index >= 15 is 0 Å². The summed E-state index contributed by atoms with van der Waals surface area (Å²) in [5.74, 6) is 3.95. The van der Waals surface area contributed by atoms with Crippen LogP contribution in [-0.2, 0) is 10.8 Å². The SMILES string of the molecule is CCNc1cc(NC(C)CCS(C)=O)nc(C2CC2)n1. The van der Waals surface area contributed by atoms with Gasteiger partial charge in [0.2, 0.25) is 0 Å². The van der Waals surface area contributed by atoms with E-state index in [-0.39, 0.29) is 6.04 Å². The molecule has 2 unspecified atom stereocenters. The van der Waals surface area contributed by atoms with E-state index < -0.39 is 10.8 Å². The summed E-state index contributed by atoms with van der Waals surface area (Å²) in [4.78, 5) is 9.16. The van der Waals surface area contributed by atoms with Gasteiger partial charge in [0.05, 0.1) is 0 Å². The van der Waals surface area contributed by atoms with Gasteiger partial charge in [0, 0.05) is 47.4 Å². The van der Waals surface area contributed by atoms with Gasteiger partial charge >= 0.3 is 0 Å². The van der Waals surface area contributed by atoms with Crippen molar-refractivity contribution in [3.63, 3.8) is 0 Å². The molecular weight excluding hydrogens is 272 g/mol. The van der Waals surface area contributed by atoms with Crippen molar-refractivity contribution in [3.05, 3.63) is 11.9 Å². The third kappa shape index (κ3) is 4.74. The van der Waals surface area contributed by atoms with Crippen LogP contribution in [0.5, 0.6) is 0 Å². The monoisotopic (exact) mass is 296 g/mol. The molecule has 1 saturated carbocycles. The lowest BCUT2D eigenvalue weighted by Crippen LogP contribution is -2.19. The fourth-order valence-electron chi connectivity index (χ4n) is 2.00. The van der Waals surface area contributed by atoms with E-state index in [2.05, 4.69) is 34.4 Å². The highest BCUT2D eigenvalue weighted by molar-refractivity contribution is 7.84. The molecule has 20 heavy (non-hydrogen) atoms. The quantitative estimate of drug-likeness (QED) is 0.771. The summed E-state index contributed by atoms with van der Waals surface area (Å²) in [6.45, 7) is 5.01. The first-order valence-corrected chi connectivity index (χ1v) is 9.00. The second-order valence-corrected chi connectivity index (χ2v) is 6.97. The Morgan fingerprint density at radius 2 is 2.10 bits per heavy atom. The highest BCUT2D eigenvalue weighted by Crippen LogP contribution is 2.38. The van der Waals surface area contributed by atoms with E-state index in [0.29, 0.717) is 5.92 Å². The Labute approximate surface area is 123 Å². The molecule has 0 spiro atoms. The van der Waals surface area contributed by atoms with Crippen LogP contribution < -0.4 is 10.6 Å². The lowest BCUT2D eigenvalue weighted by atomic mass is 10.2. The van der Waals surface area contributed by atoms with Crippen molar-refractivity contribution >= 4 is 22.4 Å². The molecule has 0 radical (unpaired) electrons. The Morgan fingerprint density at radius 3 is 2.70 bits per heavy atom. The number of hydrogen-bond acceptors (Lipinski definition) is 5. The summed E-state index contributed by atoms with van der Waals surface area (Å²) in [6.07, 6.45) is 5.01. The summed E-state index contributed by atoms with van der Waals surface area (Å²) in [5, 5.41) is 6.65. The molecule has 112 valence electrons. The van der Waals surface area contributed by atoms with Crippen molar-refractivity contribution in [2.75, 3.05) is 29.2 Å². The van der Waals surface area contributed by atoms with Crippen molar-refractivity contribution in [2.24, 2.45) is 0 Å². The second kappa shape index (κ2) is 7.02. The summed E-state index contributed by atoms with van der Waals surface area (Å²) in [7, 11) is -0.738. The Kier molecular flexibility index (Phi) is 5.34. The first-order chi connectivity index (χ1) is 9.58. The van der Waals surface area contributed by atoms with Crippen molar-refractivity contribution in [1.29, 1.82) is 0 Å². The van der Waals surface area contributed by atoms with Crippen molar-refractivity contribution in [3.8, 4) is 0 Å². The van der Waals surface area contributed by atoms with Gasteiger partial charge in [-0.3, -0.25) is 4.21 Å². The molecule has 0 aliphatic heterocycles. The predicted octanol–water partition coefficient (Wildman–Crippen LogP) is 2.35. The van der Waals surface area contributed by atoms with Gasteiger partial charge in [-0.1, -0.05) is 0 Å². The average molecular weight is 296 g/mol. The zero-order valence-corrected chi connectivity index (χ0v) is 13.3. The maximum atomic E-state index is 11.1. The summed E-state index contributed by atoms with van der Waals surface area (Å²) in [6, 6.07) is 2.21. The fourth-order valence-corrected chi connectivity index (χ4v) is 2.69. The zero-order chi connectivity index (χ0) is 14.5. The summed E-state index contributed by atoms with van der Waals surface area (Å²) >= 11 is 0. The molecule has 2 atom stereocenters. The van der Waals surface area contributed by atoms with Gasteiger partial charge in [0.1, 0.15) is 17.5 Å². The third-order valence-corrected chi connectivity index (χ3v) is 4.09. The summed E-state index contributed by atoms with van der Waals surface area (Å²) in [5.41, 5.74) is 0. The number of nitrogens with zero attached hydrogens (tertiary/aromatic N) is 2. The molecule has 0 saturated heterocycles. The number of nitrogens with one attached hydrogen (secondary N) is 2. The van der Waals surface area contributed by atoms with Crippen LogP contribution in [0, 0.1) is 0 Å². The minimum Gasteiger partial charge on any atom is -0.370 e. The average Bonchev–Trinajstić information content (AvgIpc) is 3.20. The molecule has 1 aromatic rings. The second-order valence-electron chi connectivity index (χ2n) is 5.41. The molecule has 5 nitrogen and oxygen atoms in total. The maximum absolute atomic E-state index is 11.1. The van der Waals surface area contributed by atoms with Crippen LogP contribution in [0.3, 0.4) is 0 Å². The Bertz CT molecular complexity index is 476. The molecular formula is C14H24N4OS. The molecule has 2 N–H and O–H groups in total. The van der Waals surface area contributed by atoms with Gasteiger partial charge in [-0.2, -0.15) is 0 Å². The number of anilines is 2. The van der Waals surface area contributed by atoms with Crippen molar-refractivity contribution in [2.45, 2.75) is 45.1 Å². The molecule has 0 amide bonds. The normalized spacial score (nSPS) is 17.6. The Morgan fingerprint density at radius 1 is 1.40 bits per heavy atom. The van der Waals surface area contributed by atoms with Crippen LogP contribution in [-0.4, -0.2) is 38.8 Å². The smallest absolute Gasteiger partial charge is 0.136 e. The van der Waals surface area contributed by atoms with Gasteiger partial charge in [0.25, 0.3) is 0 Å². The third-order valence-electron chi connectivity index (χ3n) is 3.28. The molecule has 2 rings (SSSR count). The first kappa shape index (κ1) is 15.2. The van der Waals surface area contributed by atoms with Gasteiger partial charge in [-0.15, -0.1) is 0 Å². The van der Waals surface area contributed by atoms with E-state index in [1.165, 1.54) is 12.8 Å². The zero-order valence-electron chi connectivity index (χ0n) is 12.5. The fraction of sp³-hybridized carbons (Fsp3) is 0.714. The molecule has 1 heterocycles. The largest absolute Gasteiger partial charge is 0.370 e. The van der Waals surface area contributed by atoms with Crippen molar-refractivity contribution < 1.29 is 4.21 Å². The van der Waals surface area contributed by atoms with Crippen molar-refractivity contribution in [1.82, 2.24) is 9.97 Å². The number of rotatable bonds is 8. The topological polar surface area (TPSA) is 66.9 Å². The standard InChI is InChI=1S/C14H24N4OS/c1-4-15-12-9-13(16-10(2)7-8-20(3)19)18-14(17-12)11-5-6-11/h9-11H,4-8H2,1-3H3,(H2,15,16,17,18). The molecule has 1 aromatic heterocycles. The highest BCUT2D eigenvalue weighted by atomic mass is 32.2. The lowest BCUT2D eigenvalue weighted by Gasteiger charge is -2.15. The maximum Gasteiger partial charge on any atom is 0.136 e. The van der Waals surface area contributed by atoms with Crippen LogP contribution in [0.15, 0.2) is 6.07 Å². The van der Waals surface area contributed by atoms with E-state index in [0.717, 1.165) is 36.2 Å². The Balaban J connectivity index is 2.03. The van der Waals surface area contributed by atoms with Crippen LogP contribution >= 0.6 is 0 Å². The molecule has 6 heteroatoms. The van der Waals surface area contributed by atoms with Crippen LogP contribution in [0.25, 0.3) is 0 Å². The predicted molar refractivity (Wildman–Crippen MR) is 84.8 cm³/mol. The van der Waals surface area contributed by atoms with Crippen LogP contribution in [0.2, 0.25) is 0 Å². The van der Waals surface area contributed by atoms with Gasteiger partial charge in [-0.05, 0) is 33.1 Å². The van der Waals surface area contributed by atoms with Crippen LogP contribution in [0.4, 0.5) is 11.6 Å². The minimum atomic E-state index is -0.738.